The number of ketones is 1. The highest BCUT2D eigenvalue weighted by molar-refractivity contribution is 7.17. The van der Waals surface area contributed by atoms with Crippen molar-refractivity contribution in [2.75, 3.05) is 18.4 Å². The Hall–Kier alpha value is -3.32. The van der Waals surface area contributed by atoms with Crippen molar-refractivity contribution in [3.8, 4) is 0 Å². The summed E-state index contributed by atoms with van der Waals surface area (Å²) in [7, 11) is 0. The highest BCUT2D eigenvalue weighted by atomic mass is 32.1. The Labute approximate surface area is 209 Å². The van der Waals surface area contributed by atoms with Crippen molar-refractivity contribution >= 4 is 33.9 Å². The van der Waals surface area contributed by atoms with Crippen LogP contribution in [0.2, 0.25) is 0 Å². The van der Waals surface area contributed by atoms with Gasteiger partial charge in [0.15, 0.2) is 5.78 Å². The van der Waals surface area contributed by atoms with Gasteiger partial charge in [-0.2, -0.15) is 0 Å². The molecule has 6 nitrogen and oxygen atoms in total. The molecule has 2 amide bonds. The van der Waals surface area contributed by atoms with E-state index in [9.17, 15) is 14.4 Å². The van der Waals surface area contributed by atoms with Crippen molar-refractivity contribution in [1.82, 2.24) is 9.88 Å². The molecule has 1 aromatic carbocycles. The topological polar surface area (TPSA) is 79.4 Å². The van der Waals surface area contributed by atoms with Crippen molar-refractivity contribution in [3.05, 3.63) is 81.5 Å². The summed E-state index contributed by atoms with van der Waals surface area (Å²) in [6.45, 7) is 3.10. The molecule has 1 aliphatic heterocycles. The molecule has 0 bridgehead atoms. The SMILES string of the molecule is Cc1ccc(C(=O)C2CCN(C(=O)c3c(NC(=O)c4cccnc4)sc4c3CCCC4)CC2)cc1. The summed E-state index contributed by atoms with van der Waals surface area (Å²) in [5, 5.41) is 3.63. The van der Waals surface area contributed by atoms with Crippen LogP contribution in [0.1, 0.15) is 72.8 Å². The number of fused-ring (bicyclic) bond motifs is 1. The van der Waals surface area contributed by atoms with Gasteiger partial charge in [0, 0.05) is 41.8 Å². The Morgan fingerprint density at radius 1 is 1.00 bits per heavy atom. The van der Waals surface area contributed by atoms with Crippen molar-refractivity contribution in [1.29, 1.82) is 0 Å². The molecule has 0 spiro atoms. The summed E-state index contributed by atoms with van der Waals surface area (Å²) in [4.78, 5) is 46.6. The van der Waals surface area contributed by atoms with E-state index < -0.39 is 0 Å². The number of anilines is 1. The number of hydrogen-bond donors (Lipinski definition) is 1. The molecule has 7 heteroatoms. The zero-order valence-corrected chi connectivity index (χ0v) is 20.7. The molecule has 35 heavy (non-hydrogen) atoms. The fourth-order valence-electron chi connectivity index (χ4n) is 5.01. The summed E-state index contributed by atoms with van der Waals surface area (Å²) < 4.78 is 0. The molecule has 0 unspecified atom stereocenters. The first kappa shape index (κ1) is 23.4. The van der Waals surface area contributed by atoms with Crippen molar-refractivity contribution in [2.24, 2.45) is 5.92 Å². The average molecular weight is 488 g/mol. The van der Waals surface area contributed by atoms with Crippen LogP contribution in [0.4, 0.5) is 5.00 Å². The van der Waals surface area contributed by atoms with Gasteiger partial charge in [0.05, 0.1) is 11.1 Å². The Kier molecular flexibility index (Phi) is 6.77. The molecule has 0 radical (unpaired) electrons. The standard InChI is InChI=1S/C28H29N3O3S/c1-18-8-10-19(11-9-18)25(32)20-12-15-31(16-13-20)28(34)24-22-6-2-3-7-23(22)35-27(24)30-26(33)21-5-4-14-29-17-21/h4-5,8-11,14,17,20H,2-3,6-7,12-13,15-16H2,1H3,(H,30,33). The third kappa shape index (κ3) is 4.91. The van der Waals surface area contributed by atoms with Gasteiger partial charge < -0.3 is 10.2 Å². The Bertz CT molecular complexity index is 1240. The summed E-state index contributed by atoms with van der Waals surface area (Å²) in [5.41, 5.74) is 4.07. The molecule has 5 rings (SSSR count). The first-order valence-electron chi connectivity index (χ1n) is 12.3. The predicted molar refractivity (Wildman–Crippen MR) is 137 cm³/mol. The Morgan fingerprint density at radius 2 is 1.74 bits per heavy atom. The van der Waals surface area contributed by atoms with E-state index in [1.807, 2.05) is 36.1 Å². The molecule has 0 atom stereocenters. The fraction of sp³-hybridized carbons (Fsp3) is 0.357. The number of Topliss-reactive ketones (excluding diaryl/α,β-unsaturated/α-hetero) is 1. The second-order valence-electron chi connectivity index (χ2n) is 9.41. The highest BCUT2D eigenvalue weighted by Crippen LogP contribution is 2.39. The zero-order chi connectivity index (χ0) is 24.4. The lowest BCUT2D eigenvalue weighted by molar-refractivity contribution is 0.0650. The number of carbonyl (C=O) groups is 3. The van der Waals surface area contributed by atoms with Crippen LogP contribution in [0.25, 0.3) is 0 Å². The van der Waals surface area contributed by atoms with Crippen LogP contribution in [-0.4, -0.2) is 40.6 Å². The van der Waals surface area contributed by atoms with Gasteiger partial charge in [0.1, 0.15) is 5.00 Å². The van der Waals surface area contributed by atoms with Crippen molar-refractivity contribution in [2.45, 2.75) is 45.4 Å². The number of aromatic nitrogens is 1. The molecule has 3 heterocycles. The molecule has 1 aliphatic carbocycles. The second kappa shape index (κ2) is 10.1. The minimum absolute atomic E-state index is 0.0351. The molecule has 3 aromatic rings. The minimum atomic E-state index is -0.256. The van der Waals surface area contributed by atoms with Crippen LogP contribution < -0.4 is 5.32 Å². The molecule has 1 N–H and O–H groups in total. The van der Waals surface area contributed by atoms with Gasteiger partial charge in [-0.1, -0.05) is 29.8 Å². The van der Waals surface area contributed by atoms with Gasteiger partial charge in [-0.3, -0.25) is 19.4 Å². The number of piperidine rings is 1. The molecular weight excluding hydrogens is 458 g/mol. The maximum absolute atomic E-state index is 13.7. The lowest BCUT2D eigenvalue weighted by atomic mass is 9.88. The largest absolute Gasteiger partial charge is 0.338 e. The normalized spacial score (nSPS) is 16.0. The average Bonchev–Trinajstić information content (AvgIpc) is 3.26. The number of amides is 2. The maximum atomic E-state index is 13.7. The van der Waals surface area contributed by atoms with E-state index in [1.165, 1.54) is 22.4 Å². The number of carbonyl (C=O) groups excluding carboxylic acids is 3. The maximum Gasteiger partial charge on any atom is 0.257 e. The molecular formula is C28H29N3O3S. The number of thiophene rings is 1. The van der Waals surface area contributed by atoms with E-state index in [0.717, 1.165) is 42.4 Å². The van der Waals surface area contributed by atoms with E-state index >= 15 is 0 Å². The molecule has 180 valence electrons. The third-order valence-corrected chi connectivity index (χ3v) is 8.23. The van der Waals surface area contributed by atoms with Crippen LogP contribution in [-0.2, 0) is 12.8 Å². The quantitative estimate of drug-likeness (QED) is 0.494. The zero-order valence-electron chi connectivity index (χ0n) is 19.9. The number of nitrogens with one attached hydrogen (secondary N) is 1. The number of aryl methyl sites for hydroxylation is 2. The van der Waals surface area contributed by atoms with Crippen molar-refractivity contribution < 1.29 is 14.4 Å². The summed E-state index contributed by atoms with van der Waals surface area (Å²) >= 11 is 1.53. The number of likely N-dealkylation sites (tertiary alicyclic amines) is 1. The lowest BCUT2D eigenvalue weighted by Gasteiger charge is -2.32. The van der Waals surface area contributed by atoms with E-state index in [2.05, 4.69) is 10.3 Å². The van der Waals surface area contributed by atoms with E-state index in [-0.39, 0.29) is 23.5 Å². The summed E-state index contributed by atoms with van der Waals surface area (Å²) in [5.74, 6) is -0.197. The number of benzene rings is 1. The third-order valence-electron chi connectivity index (χ3n) is 7.03. The molecule has 2 aliphatic rings. The fourth-order valence-corrected chi connectivity index (χ4v) is 6.29. The molecule has 2 aromatic heterocycles. The summed E-state index contributed by atoms with van der Waals surface area (Å²) in [6, 6.07) is 11.2. The smallest absolute Gasteiger partial charge is 0.257 e. The summed E-state index contributed by atoms with van der Waals surface area (Å²) in [6.07, 6.45) is 8.41. The molecule has 1 fully saturated rings. The van der Waals surface area contributed by atoms with Gasteiger partial charge in [-0.05, 0) is 63.1 Å². The van der Waals surface area contributed by atoms with Crippen LogP contribution in [0.5, 0.6) is 0 Å². The monoisotopic (exact) mass is 487 g/mol. The van der Waals surface area contributed by atoms with Crippen LogP contribution in [0.3, 0.4) is 0 Å². The van der Waals surface area contributed by atoms with Gasteiger partial charge in [-0.25, -0.2) is 0 Å². The van der Waals surface area contributed by atoms with Crippen LogP contribution >= 0.6 is 11.3 Å². The second-order valence-corrected chi connectivity index (χ2v) is 10.5. The highest BCUT2D eigenvalue weighted by Gasteiger charge is 2.33. The van der Waals surface area contributed by atoms with E-state index in [4.69, 9.17) is 0 Å². The Balaban J connectivity index is 1.33. The van der Waals surface area contributed by atoms with Crippen LogP contribution in [0.15, 0.2) is 48.8 Å². The van der Waals surface area contributed by atoms with E-state index in [1.54, 1.807) is 18.3 Å². The van der Waals surface area contributed by atoms with Gasteiger partial charge in [0.25, 0.3) is 11.8 Å². The van der Waals surface area contributed by atoms with E-state index in [0.29, 0.717) is 42.1 Å². The first-order valence-corrected chi connectivity index (χ1v) is 13.1. The Morgan fingerprint density at radius 3 is 2.46 bits per heavy atom. The molecule has 0 saturated carbocycles. The van der Waals surface area contributed by atoms with Gasteiger partial charge in [0.2, 0.25) is 0 Å². The predicted octanol–water partition coefficient (Wildman–Crippen LogP) is 5.32. The number of hydrogen-bond acceptors (Lipinski definition) is 5. The van der Waals surface area contributed by atoms with Gasteiger partial charge >= 0.3 is 0 Å². The van der Waals surface area contributed by atoms with Gasteiger partial charge in [-0.15, -0.1) is 11.3 Å². The first-order chi connectivity index (χ1) is 17.0. The minimum Gasteiger partial charge on any atom is -0.338 e. The molecule has 1 saturated heterocycles. The number of pyridine rings is 1. The number of rotatable bonds is 5. The van der Waals surface area contributed by atoms with Crippen molar-refractivity contribution in [3.63, 3.8) is 0 Å². The van der Waals surface area contributed by atoms with Crippen LogP contribution in [0, 0.1) is 12.8 Å². The number of nitrogens with zero attached hydrogens (tertiary/aromatic N) is 2. The lowest BCUT2D eigenvalue weighted by Crippen LogP contribution is -2.40.